The molecule has 20 heavy (non-hydrogen) atoms. The van der Waals surface area contributed by atoms with E-state index in [1.54, 1.807) is 0 Å². The van der Waals surface area contributed by atoms with E-state index in [1.165, 1.54) is 6.07 Å². The van der Waals surface area contributed by atoms with Crippen molar-refractivity contribution in [3.63, 3.8) is 0 Å². The number of hydrogen-bond donors (Lipinski definition) is 4. The van der Waals surface area contributed by atoms with E-state index in [9.17, 15) is 18.7 Å². The number of halogens is 2. The lowest BCUT2D eigenvalue weighted by molar-refractivity contribution is 0.102. The zero-order valence-electron chi connectivity index (χ0n) is 10.0. The summed E-state index contributed by atoms with van der Waals surface area (Å²) in [5.74, 6) is -4.15. The Kier molecular flexibility index (Phi) is 3.43. The molecule has 0 heterocycles. The van der Waals surface area contributed by atoms with Gasteiger partial charge in [-0.25, -0.2) is 8.78 Å². The van der Waals surface area contributed by atoms with Crippen molar-refractivity contribution in [3.05, 3.63) is 47.5 Å². The molecule has 0 spiro atoms. The van der Waals surface area contributed by atoms with Crippen LogP contribution in [0.5, 0.6) is 11.5 Å². The largest absolute Gasteiger partial charge is 0.504 e. The Labute approximate surface area is 112 Å². The van der Waals surface area contributed by atoms with Crippen LogP contribution in [0.15, 0.2) is 30.3 Å². The lowest BCUT2D eigenvalue weighted by atomic mass is 10.1. The zero-order chi connectivity index (χ0) is 14.9. The molecule has 0 saturated carbocycles. The van der Waals surface area contributed by atoms with E-state index in [1.807, 2.05) is 0 Å². The molecule has 0 aliphatic rings. The molecule has 0 atom stereocenters. The van der Waals surface area contributed by atoms with Gasteiger partial charge in [-0.1, -0.05) is 0 Å². The third-order valence-electron chi connectivity index (χ3n) is 2.60. The van der Waals surface area contributed by atoms with E-state index < -0.39 is 34.7 Å². The van der Waals surface area contributed by atoms with Crippen LogP contribution in [0.3, 0.4) is 0 Å². The summed E-state index contributed by atoms with van der Waals surface area (Å²) < 4.78 is 26.6. The average molecular weight is 280 g/mol. The molecule has 0 bridgehead atoms. The number of benzene rings is 2. The van der Waals surface area contributed by atoms with Crippen molar-refractivity contribution in [1.82, 2.24) is 0 Å². The lowest BCUT2D eigenvalue weighted by Gasteiger charge is -2.10. The van der Waals surface area contributed by atoms with Crippen LogP contribution in [0.25, 0.3) is 0 Å². The van der Waals surface area contributed by atoms with E-state index in [4.69, 9.17) is 10.8 Å². The first-order valence-corrected chi connectivity index (χ1v) is 5.47. The van der Waals surface area contributed by atoms with Gasteiger partial charge in [0.1, 0.15) is 5.69 Å². The first-order valence-electron chi connectivity index (χ1n) is 5.47. The standard InChI is InChI=1S/C13H10F2N2O3/c14-7-2-3-8(16)12(11(7)15)17-13(20)6-1-4-9(18)10(19)5-6/h1-5,18-19H,16H2,(H,17,20). The second-order valence-corrected chi connectivity index (χ2v) is 3.98. The van der Waals surface area contributed by atoms with Gasteiger partial charge in [0.2, 0.25) is 0 Å². The number of hydrogen-bond acceptors (Lipinski definition) is 4. The molecule has 0 fully saturated rings. The van der Waals surface area contributed by atoms with Gasteiger partial charge >= 0.3 is 0 Å². The van der Waals surface area contributed by atoms with Crippen LogP contribution in [0.4, 0.5) is 20.2 Å². The highest BCUT2D eigenvalue weighted by atomic mass is 19.2. The number of carbonyl (C=O) groups excluding carboxylic acids is 1. The fourth-order valence-electron chi connectivity index (χ4n) is 1.54. The van der Waals surface area contributed by atoms with Crippen molar-refractivity contribution >= 4 is 17.3 Å². The van der Waals surface area contributed by atoms with Crippen molar-refractivity contribution < 1.29 is 23.8 Å². The van der Waals surface area contributed by atoms with Crippen molar-refractivity contribution in [2.45, 2.75) is 0 Å². The molecule has 7 heteroatoms. The van der Waals surface area contributed by atoms with E-state index in [-0.39, 0.29) is 11.3 Å². The summed E-state index contributed by atoms with van der Waals surface area (Å²) in [5.41, 5.74) is 4.79. The van der Waals surface area contributed by atoms with Crippen LogP contribution in [0.2, 0.25) is 0 Å². The van der Waals surface area contributed by atoms with Crippen LogP contribution in [0.1, 0.15) is 10.4 Å². The van der Waals surface area contributed by atoms with Crippen molar-refractivity contribution in [3.8, 4) is 11.5 Å². The predicted octanol–water partition coefficient (Wildman–Crippen LogP) is 2.21. The molecule has 0 radical (unpaired) electrons. The molecule has 0 unspecified atom stereocenters. The molecule has 0 saturated heterocycles. The second kappa shape index (κ2) is 5.04. The number of nitrogens with two attached hydrogens (primary N) is 1. The Hall–Kier alpha value is -2.83. The van der Waals surface area contributed by atoms with Crippen molar-refractivity contribution in [2.24, 2.45) is 0 Å². The maximum atomic E-state index is 13.5. The van der Waals surface area contributed by atoms with Gasteiger partial charge in [0.15, 0.2) is 23.1 Å². The molecule has 0 aliphatic carbocycles. The summed E-state index contributed by atoms with van der Waals surface area (Å²) in [7, 11) is 0. The number of aromatic hydroxyl groups is 2. The Morgan fingerprint density at radius 3 is 2.45 bits per heavy atom. The number of anilines is 2. The highest BCUT2D eigenvalue weighted by Gasteiger charge is 2.16. The molecule has 2 rings (SSSR count). The van der Waals surface area contributed by atoms with E-state index in [0.29, 0.717) is 0 Å². The predicted molar refractivity (Wildman–Crippen MR) is 68.5 cm³/mol. The minimum absolute atomic E-state index is 0.0524. The molecule has 104 valence electrons. The number of nitrogen functional groups attached to an aromatic ring is 1. The fraction of sp³-hybridized carbons (Fsp3) is 0. The molecular formula is C13H10F2N2O3. The summed E-state index contributed by atoms with van der Waals surface area (Å²) in [6.45, 7) is 0. The normalized spacial score (nSPS) is 10.3. The number of rotatable bonds is 2. The summed E-state index contributed by atoms with van der Waals surface area (Å²) in [6.07, 6.45) is 0. The number of carbonyl (C=O) groups is 1. The molecule has 0 aromatic heterocycles. The van der Waals surface area contributed by atoms with Gasteiger partial charge in [-0.3, -0.25) is 4.79 Å². The van der Waals surface area contributed by atoms with E-state index in [0.717, 1.165) is 24.3 Å². The number of phenols is 2. The Balaban J connectivity index is 2.32. The smallest absolute Gasteiger partial charge is 0.255 e. The monoisotopic (exact) mass is 280 g/mol. The Morgan fingerprint density at radius 2 is 1.80 bits per heavy atom. The zero-order valence-corrected chi connectivity index (χ0v) is 10.0. The van der Waals surface area contributed by atoms with Crippen LogP contribution < -0.4 is 11.1 Å². The van der Waals surface area contributed by atoms with Gasteiger partial charge in [-0.2, -0.15) is 0 Å². The second-order valence-electron chi connectivity index (χ2n) is 3.98. The van der Waals surface area contributed by atoms with Crippen LogP contribution in [-0.4, -0.2) is 16.1 Å². The first-order chi connectivity index (χ1) is 9.40. The van der Waals surface area contributed by atoms with Crippen LogP contribution >= 0.6 is 0 Å². The van der Waals surface area contributed by atoms with Gasteiger partial charge in [0, 0.05) is 5.56 Å². The van der Waals surface area contributed by atoms with Crippen LogP contribution in [0, 0.1) is 11.6 Å². The number of nitrogens with one attached hydrogen (secondary N) is 1. The van der Waals surface area contributed by atoms with E-state index in [2.05, 4.69) is 5.32 Å². The molecule has 0 aliphatic heterocycles. The lowest BCUT2D eigenvalue weighted by Crippen LogP contribution is -2.15. The Morgan fingerprint density at radius 1 is 1.10 bits per heavy atom. The maximum Gasteiger partial charge on any atom is 0.255 e. The highest BCUT2D eigenvalue weighted by molar-refractivity contribution is 6.06. The quantitative estimate of drug-likeness (QED) is 0.501. The summed E-state index contributed by atoms with van der Waals surface area (Å²) in [6, 6.07) is 5.24. The van der Waals surface area contributed by atoms with Gasteiger partial charge in [-0.15, -0.1) is 0 Å². The molecular weight excluding hydrogens is 270 g/mol. The maximum absolute atomic E-state index is 13.5. The topological polar surface area (TPSA) is 95.6 Å². The van der Waals surface area contributed by atoms with Gasteiger partial charge in [0.05, 0.1) is 5.69 Å². The van der Waals surface area contributed by atoms with Crippen molar-refractivity contribution in [1.29, 1.82) is 0 Å². The number of phenolic OH excluding ortho intramolecular Hbond substituents is 2. The molecule has 2 aromatic carbocycles. The molecule has 5 nitrogen and oxygen atoms in total. The van der Waals surface area contributed by atoms with E-state index >= 15 is 0 Å². The molecule has 5 N–H and O–H groups in total. The van der Waals surface area contributed by atoms with Gasteiger partial charge in [0.25, 0.3) is 5.91 Å². The summed E-state index contributed by atoms with van der Waals surface area (Å²) in [5, 5.41) is 20.5. The Bertz CT molecular complexity index is 690. The minimum atomic E-state index is -1.28. The number of amides is 1. The molecule has 2 aromatic rings. The summed E-state index contributed by atoms with van der Waals surface area (Å²) >= 11 is 0. The third-order valence-corrected chi connectivity index (χ3v) is 2.60. The van der Waals surface area contributed by atoms with Crippen molar-refractivity contribution in [2.75, 3.05) is 11.1 Å². The first kappa shape index (κ1) is 13.6. The summed E-state index contributed by atoms with van der Waals surface area (Å²) in [4.78, 5) is 11.8. The third kappa shape index (κ3) is 2.46. The highest BCUT2D eigenvalue weighted by Crippen LogP contribution is 2.27. The SMILES string of the molecule is Nc1ccc(F)c(F)c1NC(=O)c1ccc(O)c(O)c1. The minimum Gasteiger partial charge on any atom is -0.504 e. The molecule has 1 amide bonds. The average Bonchev–Trinajstić information content (AvgIpc) is 2.42. The van der Waals surface area contributed by atoms with Gasteiger partial charge in [-0.05, 0) is 30.3 Å². The van der Waals surface area contributed by atoms with Gasteiger partial charge < -0.3 is 21.3 Å². The van der Waals surface area contributed by atoms with Crippen LogP contribution in [-0.2, 0) is 0 Å². The fourth-order valence-corrected chi connectivity index (χ4v) is 1.54.